The zero-order valence-corrected chi connectivity index (χ0v) is 30.7. The second-order valence-electron chi connectivity index (χ2n) is 14.2. The number of hydrogen-bond acceptors (Lipinski definition) is 1. The van der Waals surface area contributed by atoms with Crippen molar-refractivity contribution in [2.24, 2.45) is 0 Å². The Kier molecular flexibility index (Phi) is 8.15. The number of benzene rings is 9. The van der Waals surface area contributed by atoms with Crippen molar-refractivity contribution in [3.05, 3.63) is 206 Å². The zero-order chi connectivity index (χ0) is 36.7. The summed E-state index contributed by atoms with van der Waals surface area (Å²) in [5.74, 6) is 1.06. The van der Waals surface area contributed by atoms with Crippen LogP contribution in [0.15, 0.2) is 200 Å². The lowest BCUT2D eigenvalue weighted by Crippen LogP contribution is -2.00. The van der Waals surface area contributed by atoms with Gasteiger partial charge in [0.25, 0.3) is 0 Å². The molecule has 1 aromatic heterocycles. The van der Waals surface area contributed by atoms with Crippen molar-refractivity contribution in [1.29, 1.82) is 0 Å². The van der Waals surface area contributed by atoms with E-state index in [0.29, 0.717) is 0 Å². The van der Waals surface area contributed by atoms with Crippen LogP contribution in [0.3, 0.4) is 0 Å². The highest BCUT2D eigenvalue weighted by Gasteiger charge is 2.19. The summed E-state index contributed by atoms with van der Waals surface area (Å²) in [7, 11) is 0. The molecule has 55 heavy (non-hydrogen) atoms. The molecular weight excluding hydrogens is 665 g/mol. The van der Waals surface area contributed by atoms with Gasteiger partial charge >= 0.3 is 0 Å². The van der Waals surface area contributed by atoms with E-state index in [1.165, 1.54) is 77.2 Å². The fourth-order valence-electron chi connectivity index (χ4n) is 8.41. The maximum absolute atomic E-state index is 4.96. The highest BCUT2D eigenvalue weighted by molar-refractivity contribution is 6.22. The van der Waals surface area contributed by atoms with Gasteiger partial charge in [-0.3, -0.25) is 4.57 Å². The third-order valence-electron chi connectivity index (χ3n) is 11.0. The molecule has 0 aliphatic carbocycles. The number of aromatic nitrogens is 2. The van der Waals surface area contributed by atoms with Gasteiger partial charge in [-0.2, -0.15) is 0 Å². The topological polar surface area (TPSA) is 17.8 Å². The number of rotatable bonds is 7. The Labute approximate surface area is 321 Å². The molecule has 2 heteroatoms. The van der Waals surface area contributed by atoms with Crippen LogP contribution >= 0.6 is 0 Å². The maximum Gasteiger partial charge on any atom is 0.114 e. The monoisotopic (exact) mass is 702 g/mol. The summed E-state index contributed by atoms with van der Waals surface area (Å²) in [6.45, 7) is 2.18. The molecule has 0 atom stereocenters. The number of hydrogen-bond donors (Lipinski definition) is 0. The zero-order valence-electron chi connectivity index (χ0n) is 30.7. The third-order valence-corrected chi connectivity index (χ3v) is 11.0. The molecule has 0 fully saturated rings. The number of aryl methyl sites for hydroxylation is 1. The minimum Gasteiger partial charge on any atom is -0.296 e. The molecule has 10 aromatic rings. The summed E-state index contributed by atoms with van der Waals surface area (Å²) in [5.41, 5.74) is 15.5. The van der Waals surface area contributed by atoms with Crippen LogP contribution in [0.1, 0.15) is 12.7 Å². The first-order chi connectivity index (χ1) is 27.2. The van der Waals surface area contributed by atoms with Crippen LogP contribution in [0.5, 0.6) is 0 Å². The maximum atomic E-state index is 4.96. The average Bonchev–Trinajstić information content (AvgIpc) is 3.65. The summed E-state index contributed by atoms with van der Waals surface area (Å²) < 4.78 is 2.30. The van der Waals surface area contributed by atoms with E-state index >= 15 is 0 Å². The molecule has 10 rings (SSSR count). The van der Waals surface area contributed by atoms with Crippen molar-refractivity contribution >= 4 is 32.6 Å². The fraction of sp³-hybridized carbons (Fsp3) is 0.0377. The Morgan fingerprint density at radius 1 is 0.382 bits per heavy atom. The molecule has 0 N–H and O–H groups in total. The molecule has 0 aliphatic rings. The van der Waals surface area contributed by atoms with E-state index < -0.39 is 0 Å². The van der Waals surface area contributed by atoms with Crippen LogP contribution < -0.4 is 0 Å². The summed E-state index contributed by atoms with van der Waals surface area (Å²) in [6.07, 6.45) is 0.854. The second kappa shape index (κ2) is 13.7. The standard InChI is InChI=1S/C53H38N2/c1-2-51-54-49-23-13-14-24-50(49)55(51)42-32-29-40(30-33-42)53-46-22-12-11-21-45(46)52(39-27-25-37(26-28-39)36-15-5-3-6-16-36)47-34-31-41(35-48(47)53)44-20-10-9-19-43(44)38-17-7-4-8-18-38/h3-35H,2H2,1H3. The highest BCUT2D eigenvalue weighted by Crippen LogP contribution is 2.46. The number of nitrogens with zero attached hydrogens (tertiary/aromatic N) is 2. The largest absolute Gasteiger partial charge is 0.296 e. The third kappa shape index (κ3) is 5.71. The lowest BCUT2D eigenvalue weighted by Gasteiger charge is -2.20. The van der Waals surface area contributed by atoms with Gasteiger partial charge in [-0.25, -0.2) is 4.98 Å². The van der Waals surface area contributed by atoms with Crippen molar-refractivity contribution < 1.29 is 0 Å². The van der Waals surface area contributed by atoms with E-state index in [0.717, 1.165) is 29.0 Å². The van der Waals surface area contributed by atoms with Crippen molar-refractivity contribution in [3.63, 3.8) is 0 Å². The minimum atomic E-state index is 0.854. The molecule has 9 aromatic carbocycles. The molecule has 0 bridgehead atoms. The molecule has 1 heterocycles. The molecule has 2 nitrogen and oxygen atoms in total. The van der Waals surface area contributed by atoms with E-state index in [1.54, 1.807) is 0 Å². The van der Waals surface area contributed by atoms with Gasteiger partial charge in [-0.05, 0) is 108 Å². The van der Waals surface area contributed by atoms with Gasteiger partial charge < -0.3 is 0 Å². The predicted octanol–water partition coefficient (Wildman–Crippen LogP) is 14.2. The Hall–Kier alpha value is -7.03. The van der Waals surface area contributed by atoms with Crippen LogP contribution in [-0.4, -0.2) is 9.55 Å². The van der Waals surface area contributed by atoms with Gasteiger partial charge in [-0.15, -0.1) is 0 Å². The van der Waals surface area contributed by atoms with Crippen molar-refractivity contribution in [1.82, 2.24) is 9.55 Å². The van der Waals surface area contributed by atoms with E-state index in [4.69, 9.17) is 4.98 Å². The Balaban J connectivity index is 1.21. The highest BCUT2D eigenvalue weighted by atomic mass is 15.1. The van der Waals surface area contributed by atoms with Gasteiger partial charge in [0.15, 0.2) is 0 Å². The number of fused-ring (bicyclic) bond motifs is 3. The molecule has 0 unspecified atom stereocenters. The first kappa shape index (κ1) is 32.6. The molecule has 0 radical (unpaired) electrons. The molecule has 0 saturated heterocycles. The van der Waals surface area contributed by atoms with E-state index in [2.05, 4.69) is 212 Å². The van der Waals surface area contributed by atoms with E-state index in [1.807, 2.05) is 0 Å². The quantitative estimate of drug-likeness (QED) is 0.151. The van der Waals surface area contributed by atoms with Crippen LogP contribution in [0, 0.1) is 0 Å². The van der Waals surface area contributed by atoms with E-state index in [-0.39, 0.29) is 0 Å². The summed E-state index contributed by atoms with van der Waals surface area (Å²) in [4.78, 5) is 4.96. The fourth-order valence-corrected chi connectivity index (χ4v) is 8.41. The van der Waals surface area contributed by atoms with Gasteiger partial charge in [0.1, 0.15) is 5.82 Å². The first-order valence-electron chi connectivity index (χ1n) is 19.1. The average molecular weight is 703 g/mol. The summed E-state index contributed by atoms with van der Waals surface area (Å²) >= 11 is 0. The minimum absolute atomic E-state index is 0.854. The van der Waals surface area contributed by atoms with E-state index in [9.17, 15) is 0 Å². The molecule has 0 saturated carbocycles. The van der Waals surface area contributed by atoms with Crippen LogP contribution in [0.4, 0.5) is 0 Å². The molecular formula is C53H38N2. The van der Waals surface area contributed by atoms with Gasteiger partial charge in [0.05, 0.1) is 11.0 Å². The van der Waals surface area contributed by atoms with Crippen LogP contribution in [0.2, 0.25) is 0 Å². The lowest BCUT2D eigenvalue weighted by molar-refractivity contribution is 0.908. The number of imidazole rings is 1. The molecule has 0 amide bonds. The Bertz CT molecular complexity index is 2970. The SMILES string of the molecule is CCc1nc2ccccc2n1-c1ccc(-c2c3ccccc3c(-c3ccc(-c4ccccc4)cc3)c3ccc(-c4ccccc4-c4ccccc4)cc23)cc1. The normalized spacial score (nSPS) is 11.4. The van der Waals surface area contributed by atoms with Crippen molar-refractivity contribution in [3.8, 4) is 61.3 Å². The van der Waals surface area contributed by atoms with Crippen LogP contribution in [0.25, 0.3) is 93.9 Å². The van der Waals surface area contributed by atoms with Gasteiger partial charge in [0.2, 0.25) is 0 Å². The second-order valence-corrected chi connectivity index (χ2v) is 14.2. The Morgan fingerprint density at radius 3 is 1.53 bits per heavy atom. The smallest absolute Gasteiger partial charge is 0.114 e. The molecule has 260 valence electrons. The molecule has 0 spiro atoms. The summed E-state index contributed by atoms with van der Waals surface area (Å²) in [6, 6.07) is 72.7. The van der Waals surface area contributed by atoms with Crippen molar-refractivity contribution in [2.75, 3.05) is 0 Å². The Morgan fingerprint density at radius 2 is 0.855 bits per heavy atom. The first-order valence-corrected chi connectivity index (χ1v) is 19.1. The number of para-hydroxylation sites is 2. The summed E-state index contributed by atoms with van der Waals surface area (Å²) in [5, 5.41) is 4.95. The molecule has 0 aliphatic heterocycles. The van der Waals surface area contributed by atoms with Gasteiger partial charge in [0, 0.05) is 12.1 Å². The lowest BCUT2D eigenvalue weighted by atomic mass is 9.84. The van der Waals surface area contributed by atoms with Crippen LogP contribution in [-0.2, 0) is 6.42 Å². The van der Waals surface area contributed by atoms with Crippen molar-refractivity contribution in [2.45, 2.75) is 13.3 Å². The van der Waals surface area contributed by atoms with Gasteiger partial charge in [-0.1, -0.05) is 177 Å². The predicted molar refractivity (Wildman–Crippen MR) is 233 cm³/mol.